The SMILES string of the molecule is CCCCCCCCCCCCCCCCOCC(OCCCCCCCCCCCCCCCC)C(=O)OCCCCCCCC. The molecule has 0 aromatic rings. The highest BCUT2D eigenvalue weighted by atomic mass is 16.6. The second-order valence-electron chi connectivity index (χ2n) is 14.6. The number of carbonyl (C=O) groups excluding carboxylic acids is 1. The van der Waals surface area contributed by atoms with E-state index in [0.717, 1.165) is 25.7 Å². The van der Waals surface area contributed by atoms with Gasteiger partial charge in [0.2, 0.25) is 0 Å². The molecule has 0 fully saturated rings. The minimum atomic E-state index is -0.580. The molecule has 0 amide bonds. The molecule has 0 rings (SSSR count). The van der Waals surface area contributed by atoms with Crippen LogP contribution in [0.1, 0.15) is 239 Å². The molecule has 0 spiro atoms. The highest BCUT2D eigenvalue weighted by molar-refractivity contribution is 5.74. The Morgan fingerprint density at radius 2 is 0.638 bits per heavy atom. The molecule has 0 saturated heterocycles. The first-order valence-electron chi connectivity index (χ1n) is 21.6. The van der Waals surface area contributed by atoms with Gasteiger partial charge in [-0.1, -0.05) is 220 Å². The Morgan fingerprint density at radius 3 is 0.979 bits per heavy atom. The fourth-order valence-corrected chi connectivity index (χ4v) is 6.44. The Balaban J connectivity index is 3.95. The molecule has 0 aliphatic carbocycles. The average molecular weight is 667 g/mol. The third-order valence-corrected chi connectivity index (χ3v) is 9.73. The van der Waals surface area contributed by atoms with E-state index in [9.17, 15) is 4.79 Å². The van der Waals surface area contributed by atoms with Crippen LogP contribution in [0.15, 0.2) is 0 Å². The van der Waals surface area contributed by atoms with Crippen LogP contribution in [0.25, 0.3) is 0 Å². The molecule has 0 aliphatic rings. The molecule has 0 N–H and O–H groups in total. The lowest BCUT2D eigenvalue weighted by Gasteiger charge is -2.17. The summed E-state index contributed by atoms with van der Waals surface area (Å²) < 4.78 is 17.6. The molecule has 0 saturated carbocycles. The molecular weight excluding hydrogens is 580 g/mol. The first-order valence-corrected chi connectivity index (χ1v) is 21.6. The first-order chi connectivity index (χ1) is 23.3. The molecular formula is C43H86O4. The standard InChI is InChI=1S/C43H86O4/c1-4-7-10-13-16-18-20-22-24-26-28-30-32-35-38-45-41-42(43(44)47-40-37-33-15-12-9-6-3)46-39-36-34-31-29-27-25-23-21-19-17-14-11-8-5-2/h42H,4-41H2,1-3H3. The van der Waals surface area contributed by atoms with Crippen LogP contribution in [0.3, 0.4) is 0 Å². The topological polar surface area (TPSA) is 44.8 Å². The summed E-state index contributed by atoms with van der Waals surface area (Å²) in [5.74, 6) is -0.232. The van der Waals surface area contributed by atoms with Gasteiger partial charge in [0.1, 0.15) is 0 Å². The molecule has 0 bridgehead atoms. The van der Waals surface area contributed by atoms with Gasteiger partial charge < -0.3 is 14.2 Å². The van der Waals surface area contributed by atoms with Crippen LogP contribution in [0.4, 0.5) is 0 Å². The van der Waals surface area contributed by atoms with E-state index in [2.05, 4.69) is 20.8 Å². The Bertz CT molecular complexity index is 580. The molecule has 0 radical (unpaired) electrons. The van der Waals surface area contributed by atoms with Gasteiger partial charge in [-0.3, -0.25) is 0 Å². The smallest absolute Gasteiger partial charge is 0.337 e. The van der Waals surface area contributed by atoms with Crippen LogP contribution in [0.5, 0.6) is 0 Å². The molecule has 0 aromatic heterocycles. The lowest BCUT2D eigenvalue weighted by Crippen LogP contribution is -2.32. The minimum absolute atomic E-state index is 0.232. The van der Waals surface area contributed by atoms with Crippen molar-refractivity contribution in [1.82, 2.24) is 0 Å². The van der Waals surface area contributed by atoms with Gasteiger partial charge in [0.05, 0.1) is 13.2 Å². The second kappa shape index (κ2) is 41.6. The van der Waals surface area contributed by atoms with Gasteiger partial charge in [-0.05, 0) is 19.3 Å². The molecule has 4 nitrogen and oxygen atoms in total. The fraction of sp³-hybridized carbons (Fsp3) is 0.977. The van der Waals surface area contributed by atoms with Crippen LogP contribution in [-0.4, -0.2) is 38.5 Å². The van der Waals surface area contributed by atoms with E-state index < -0.39 is 6.10 Å². The molecule has 1 atom stereocenters. The molecule has 4 heteroatoms. The summed E-state index contributed by atoms with van der Waals surface area (Å²) in [7, 11) is 0. The summed E-state index contributed by atoms with van der Waals surface area (Å²) in [6.07, 6.45) is 44.3. The average Bonchev–Trinajstić information content (AvgIpc) is 3.08. The lowest BCUT2D eigenvalue weighted by atomic mass is 10.0. The molecule has 47 heavy (non-hydrogen) atoms. The van der Waals surface area contributed by atoms with E-state index >= 15 is 0 Å². The van der Waals surface area contributed by atoms with E-state index in [-0.39, 0.29) is 5.97 Å². The van der Waals surface area contributed by atoms with Crippen molar-refractivity contribution < 1.29 is 19.0 Å². The van der Waals surface area contributed by atoms with Crippen molar-refractivity contribution in [3.63, 3.8) is 0 Å². The zero-order chi connectivity index (χ0) is 34.1. The summed E-state index contributed by atoms with van der Waals surface area (Å²) in [5.41, 5.74) is 0. The third kappa shape index (κ3) is 38.1. The lowest BCUT2D eigenvalue weighted by molar-refractivity contribution is -0.161. The van der Waals surface area contributed by atoms with Crippen LogP contribution >= 0.6 is 0 Å². The predicted molar refractivity (Wildman–Crippen MR) is 206 cm³/mol. The van der Waals surface area contributed by atoms with Crippen LogP contribution in [0.2, 0.25) is 0 Å². The molecule has 282 valence electrons. The van der Waals surface area contributed by atoms with E-state index in [1.807, 2.05) is 0 Å². The Morgan fingerprint density at radius 1 is 0.362 bits per heavy atom. The van der Waals surface area contributed by atoms with Gasteiger partial charge in [0.25, 0.3) is 0 Å². The van der Waals surface area contributed by atoms with Gasteiger partial charge in [-0.15, -0.1) is 0 Å². The van der Waals surface area contributed by atoms with Crippen molar-refractivity contribution in [3.05, 3.63) is 0 Å². The van der Waals surface area contributed by atoms with Crippen molar-refractivity contribution in [2.45, 2.75) is 245 Å². The number of unbranched alkanes of at least 4 members (excludes halogenated alkanes) is 31. The molecule has 0 heterocycles. The predicted octanol–water partition coefficient (Wildman–Crippen LogP) is 14.3. The summed E-state index contributed by atoms with van der Waals surface area (Å²) >= 11 is 0. The number of rotatable bonds is 41. The number of esters is 1. The highest BCUT2D eigenvalue weighted by Gasteiger charge is 2.21. The number of ether oxygens (including phenoxy) is 3. The van der Waals surface area contributed by atoms with Crippen LogP contribution in [-0.2, 0) is 19.0 Å². The van der Waals surface area contributed by atoms with E-state index in [0.29, 0.717) is 26.4 Å². The number of hydrogen-bond donors (Lipinski definition) is 0. The van der Waals surface area contributed by atoms with Gasteiger partial charge in [0.15, 0.2) is 6.10 Å². The maximum Gasteiger partial charge on any atom is 0.337 e. The zero-order valence-corrected chi connectivity index (χ0v) is 32.6. The maximum atomic E-state index is 12.8. The van der Waals surface area contributed by atoms with E-state index in [1.165, 1.54) is 193 Å². The highest BCUT2D eigenvalue weighted by Crippen LogP contribution is 2.15. The fourth-order valence-electron chi connectivity index (χ4n) is 6.44. The van der Waals surface area contributed by atoms with Crippen LogP contribution < -0.4 is 0 Å². The largest absolute Gasteiger partial charge is 0.464 e. The zero-order valence-electron chi connectivity index (χ0n) is 32.6. The Kier molecular flexibility index (Phi) is 41.0. The Hall–Kier alpha value is -0.610. The maximum absolute atomic E-state index is 12.8. The van der Waals surface area contributed by atoms with Gasteiger partial charge in [0, 0.05) is 13.2 Å². The minimum Gasteiger partial charge on any atom is -0.464 e. The summed E-state index contributed by atoms with van der Waals surface area (Å²) in [5, 5.41) is 0. The summed E-state index contributed by atoms with van der Waals surface area (Å²) in [6.45, 7) is 8.97. The van der Waals surface area contributed by atoms with Gasteiger partial charge in [-0.2, -0.15) is 0 Å². The van der Waals surface area contributed by atoms with Crippen molar-refractivity contribution in [3.8, 4) is 0 Å². The first kappa shape index (κ1) is 46.4. The normalized spacial score (nSPS) is 12.1. The van der Waals surface area contributed by atoms with E-state index in [4.69, 9.17) is 14.2 Å². The Labute approximate surface area is 296 Å². The van der Waals surface area contributed by atoms with Crippen molar-refractivity contribution in [1.29, 1.82) is 0 Å². The summed E-state index contributed by atoms with van der Waals surface area (Å²) in [6, 6.07) is 0. The van der Waals surface area contributed by atoms with Crippen molar-refractivity contribution in [2.75, 3.05) is 26.4 Å². The van der Waals surface area contributed by atoms with E-state index in [1.54, 1.807) is 0 Å². The number of carbonyl (C=O) groups is 1. The quantitative estimate of drug-likeness (QED) is 0.0481. The van der Waals surface area contributed by atoms with Gasteiger partial charge >= 0.3 is 5.97 Å². The summed E-state index contributed by atoms with van der Waals surface area (Å²) in [4.78, 5) is 12.8. The molecule has 0 aliphatic heterocycles. The number of hydrogen-bond acceptors (Lipinski definition) is 4. The molecule has 0 aromatic carbocycles. The monoisotopic (exact) mass is 667 g/mol. The van der Waals surface area contributed by atoms with Gasteiger partial charge in [-0.25, -0.2) is 4.79 Å². The van der Waals surface area contributed by atoms with Crippen molar-refractivity contribution >= 4 is 5.97 Å². The van der Waals surface area contributed by atoms with Crippen molar-refractivity contribution in [2.24, 2.45) is 0 Å². The molecule has 1 unspecified atom stereocenters. The second-order valence-corrected chi connectivity index (χ2v) is 14.6. The van der Waals surface area contributed by atoms with Crippen LogP contribution in [0, 0.1) is 0 Å². The third-order valence-electron chi connectivity index (χ3n) is 9.73.